The van der Waals surface area contributed by atoms with Gasteiger partial charge in [-0.05, 0) is 13.8 Å². The van der Waals surface area contributed by atoms with Crippen LogP contribution >= 0.6 is 0 Å². The van der Waals surface area contributed by atoms with E-state index >= 15 is 0 Å². The molecule has 2 amide bonds. The van der Waals surface area contributed by atoms with Crippen molar-refractivity contribution in [3.63, 3.8) is 0 Å². The lowest BCUT2D eigenvalue weighted by Gasteiger charge is -2.26. The van der Waals surface area contributed by atoms with Crippen molar-refractivity contribution in [1.29, 1.82) is 0 Å². The lowest BCUT2D eigenvalue weighted by atomic mass is 10.0. The summed E-state index contributed by atoms with van der Waals surface area (Å²) in [6, 6.07) is -0.850. The van der Waals surface area contributed by atoms with Crippen LogP contribution in [0.4, 0.5) is 0 Å². The predicted octanol–water partition coefficient (Wildman–Crippen LogP) is -1.62. The van der Waals surface area contributed by atoms with Gasteiger partial charge in [0, 0.05) is 18.3 Å². The monoisotopic (exact) mass is 297 g/mol. The molecule has 1 heterocycles. The van der Waals surface area contributed by atoms with E-state index in [1.165, 1.54) is 20.2 Å². The van der Waals surface area contributed by atoms with Crippen molar-refractivity contribution in [2.75, 3.05) is 6.54 Å². The van der Waals surface area contributed by atoms with Crippen LogP contribution in [0.25, 0.3) is 0 Å². The highest BCUT2D eigenvalue weighted by Gasteiger charge is 2.31. The number of aromatic amines is 1. The van der Waals surface area contributed by atoms with Gasteiger partial charge >= 0.3 is 5.97 Å². The molecule has 0 saturated heterocycles. The van der Waals surface area contributed by atoms with Crippen molar-refractivity contribution in [3.8, 4) is 0 Å². The summed E-state index contributed by atoms with van der Waals surface area (Å²) in [7, 11) is 0. The quantitative estimate of drug-likeness (QED) is 0.408. The van der Waals surface area contributed by atoms with E-state index in [1.54, 1.807) is 6.20 Å². The van der Waals surface area contributed by atoms with E-state index in [-0.39, 0.29) is 6.42 Å². The van der Waals surface area contributed by atoms with Gasteiger partial charge in [0.1, 0.15) is 12.1 Å². The molecule has 0 aliphatic rings. The Morgan fingerprint density at radius 1 is 1.48 bits per heavy atom. The Morgan fingerprint density at radius 3 is 2.67 bits per heavy atom. The van der Waals surface area contributed by atoms with Gasteiger partial charge in [0.25, 0.3) is 0 Å². The number of aromatic nitrogens is 2. The zero-order valence-corrected chi connectivity index (χ0v) is 11.8. The number of carbonyl (C=O) groups is 3. The first-order chi connectivity index (χ1) is 9.72. The number of nitrogens with one attached hydrogen (secondary N) is 3. The molecule has 1 aromatic heterocycles. The molecule has 0 radical (unpaired) electrons. The van der Waals surface area contributed by atoms with E-state index in [2.05, 4.69) is 20.6 Å². The highest BCUT2D eigenvalue weighted by Crippen LogP contribution is 2.04. The normalized spacial score (nSPS) is 12.5. The number of carboxylic acid groups (broad SMARTS) is 1. The molecule has 9 heteroatoms. The molecule has 21 heavy (non-hydrogen) atoms. The second-order valence-corrected chi connectivity index (χ2v) is 5.08. The molecule has 0 aromatic carbocycles. The van der Waals surface area contributed by atoms with E-state index in [0.29, 0.717) is 5.69 Å². The minimum Gasteiger partial charge on any atom is -0.480 e. The Balaban J connectivity index is 2.54. The number of H-pyrrole nitrogens is 1. The molecule has 0 saturated carbocycles. The highest BCUT2D eigenvalue weighted by molar-refractivity contribution is 5.93. The van der Waals surface area contributed by atoms with Crippen molar-refractivity contribution >= 4 is 17.8 Å². The average molecular weight is 297 g/mol. The molecule has 0 aliphatic heterocycles. The number of aliphatic carboxylic acids is 1. The summed E-state index contributed by atoms with van der Waals surface area (Å²) in [5, 5.41) is 13.2. The number of rotatable bonds is 7. The van der Waals surface area contributed by atoms with Gasteiger partial charge in [-0.25, -0.2) is 4.98 Å². The van der Waals surface area contributed by atoms with Crippen molar-refractivity contribution in [3.05, 3.63) is 18.2 Å². The van der Waals surface area contributed by atoms with Crippen LogP contribution in [0.15, 0.2) is 12.5 Å². The number of imidazole rings is 1. The molecule has 0 unspecified atom stereocenters. The van der Waals surface area contributed by atoms with Gasteiger partial charge in [0.05, 0.1) is 12.4 Å². The third kappa shape index (κ3) is 5.22. The van der Waals surface area contributed by atoms with Crippen molar-refractivity contribution in [1.82, 2.24) is 20.6 Å². The first kappa shape index (κ1) is 16.6. The van der Waals surface area contributed by atoms with Crippen LogP contribution in [0.5, 0.6) is 0 Å². The molecular weight excluding hydrogens is 278 g/mol. The van der Waals surface area contributed by atoms with Gasteiger partial charge in [-0.15, -0.1) is 0 Å². The third-order valence-electron chi connectivity index (χ3n) is 2.73. The zero-order chi connectivity index (χ0) is 16.0. The molecular formula is C12H19N5O4. The average Bonchev–Trinajstić information content (AvgIpc) is 2.87. The Kier molecular flexibility index (Phi) is 5.42. The topological polar surface area (TPSA) is 150 Å². The number of nitrogens with two attached hydrogens (primary N) is 1. The van der Waals surface area contributed by atoms with E-state index < -0.39 is 35.9 Å². The minimum absolute atomic E-state index is 0.249. The highest BCUT2D eigenvalue weighted by atomic mass is 16.4. The number of carboxylic acids is 1. The number of amides is 2. The Bertz CT molecular complexity index is 512. The summed E-state index contributed by atoms with van der Waals surface area (Å²) in [6.45, 7) is 2.41. The van der Waals surface area contributed by atoms with Gasteiger partial charge < -0.3 is 26.5 Å². The fourth-order valence-corrected chi connectivity index (χ4v) is 1.56. The molecule has 116 valence electrons. The van der Waals surface area contributed by atoms with Crippen molar-refractivity contribution in [2.24, 2.45) is 5.73 Å². The summed E-state index contributed by atoms with van der Waals surface area (Å²) in [4.78, 5) is 40.8. The van der Waals surface area contributed by atoms with E-state index in [0.717, 1.165) is 0 Å². The van der Waals surface area contributed by atoms with Crippen LogP contribution in [-0.4, -0.2) is 51.0 Å². The lowest BCUT2D eigenvalue weighted by Crippen LogP contribution is -2.58. The van der Waals surface area contributed by atoms with Crippen molar-refractivity contribution < 1.29 is 19.5 Å². The molecule has 1 aromatic rings. The second kappa shape index (κ2) is 6.84. The molecule has 0 bridgehead atoms. The molecule has 9 nitrogen and oxygen atoms in total. The summed E-state index contributed by atoms with van der Waals surface area (Å²) in [5.74, 6) is -2.28. The lowest BCUT2D eigenvalue weighted by molar-refractivity contribution is -0.139. The first-order valence-electron chi connectivity index (χ1n) is 6.27. The van der Waals surface area contributed by atoms with Gasteiger partial charge in [-0.2, -0.15) is 0 Å². The number of hydrogen-bond donors (Lipinski definition) is 5. The fourth-order valence-electron chi connectivity index (χ4n) is 1.56. The second-order valence-electron chi connectivity index (χ2n) is 5.08. The number of hydrogen-bond acceptors (Lipinski definition) is 5. The molecule has 1 atom stereocenters. The van der Waals surface area contributed by atoms with Crippen LogP contribution in [0.3, 0.4) is 0 Å². The zero-order valence-electron chi connectivity index (χ0n) is 11.8. The molecule has 0 aliphatic carbocycles. The third-order valence-corrected chi connectivity index (χ3v) is 2.73. The maximum absolute atomic E-state index is 12.0. The molecule has 1 rings (SSSR count). The fraction of sp³-hybridized carbons (Fsp3) is 0.500. The van der Waals surface area contributed by atoms with Gasteiger partial charge in [-0.1, -0.05) is 0 Å². The van der Waals surface area contributed by atoms with Crippen LogP contribution in [0.2, 0.25) is 0 Å². The molecule has 0 fully saturated rings. The maximum Gasteiger partial charge on any atom is 0.322 e. The predicted molar refractivity (Wildman–Crippen MR) is 73.1 cm³/mol. The van der Waals surface area contributed by atoms with Crippen LogP contribution < -0.4 is 16.4 Å². The standard InChI is InChI=1S/C12H19N5O4/c1-12(2,11(21)15-5-9(18)19)17-10(20)8(13)3-7-4-14-6-16-7/h4,6,8H,3,5,13H2,1-2H3,(H,14,16)(H,15,21)(H,17,20)(H,18,19)/t8-/m0/s1. The first-order valence-corrected chi connectivity index (χ1v) is 6.27. The van der Waals surface area contributed by atoms with Gasteiger partial charge in [0.2, 0.25) is 11.8 Å². The summed E-state index contributed by atoms with van der Waals surface area (Å²) < 4.78 is 0. The molecule has 6 N–H and O–H groups in total. The Hall–Kier alpha value is -2.42. The number of nitrogens with zero attached hydrogens (tertiary/aromatic N) is 1. The van der Waals surface area contributed by atoms with Crippen LogP contribution in [-0.2, 0) is 20.8 Å². The number of carbonyl (C=O) groups excluding carboxylic acids is 2. The van der Waals surface area contributed by atoms with Gasteiger partial charge in [-0.3, -0.25) is 14.4 Å². The Morgan fingerprint density at radius 2 is 2.14 bits per heavy atom. The summed E-state index contributed by atoms with van der Waals surface area (Å²) in [5.41, 5.74) is 5.19. The summed E-state index contributed by atoms with van der Waals surface area (Å²) >= 11 is 0. The summed E-state index contributed by atoms with van der Waals surface area (Å²) in [6.07, 6.45) is 3.28. The van der Waals surface area contributed by atoms with Crippen LogP contribution in [0, 0.1) is 0 Å². The van der Waals surface area contributed by atoms with Gasteiger partial charge in [0.15, 0.2) is 0 Å². The molecule has 0 spiro atoms. The smallest absolute Gasteiger partial charge is 0.322 e. The van der Waals surface area contributed by atoms with E-state index in [4.69, 9.17) is 10.8 Å². The SMILES string of the molecule is CC(C)(NC(=O)[C@@H](N)Cc1cnc[nH]1)C(=O)NCC(=O)O. The minimum atomic E-state index is -1.27. The van der Waals surface area contributed by atoms with E-state index in [1.807, 2.05) is 0 Å². The maximum atomic E-state index is 12.0. The Labute approximate surface area is 121 Å². The van der Waals surface area contributed by atoms with Crippen molar-refractivity contribution in [2.45, 2.75) is 31.8 Å². The largest absolute Gasteiger partial charge is 0.480 e. The van der Waals surface area contributed by atoms with E-state index in [9.17, 15) is 14.4 Å². The van der Waals surface area contributed by atoms with Crippen LogP contribution in [0.1, 0.15) is 19.5 Å².